The lowest BCUT2D eigenvalue weighted by molar-refractivity contribution is -0.119. The van der Waals surface area contributed by atoms with Crippen LogP contribution < -0.4 is 14.8 Å². The fourth-order valence-corrected chi connectivity index (χ4v) is 4.89. The maximum Gasteiger partial charge on any atom is 0.229 e. The highest BCUT2D eigenvalue weighted by Crippen LogP contribution is 2.28. The topological polar surface area (TPSA) is 99.5 Å². The summed E-state index contributed by atoms with van der Waals surface area (Å²) in [5.41, 5.74) is 1.68. The number of rotatable bonds is 6. The third-order valence-corrected chi connectivity index (χ3v) is 6.30. The molecule has 146 valence electrons. The molecule has 0 saturated carbocycles. The van der Waals surface area contributed by atoms with Gasteiger partial charge in [-0.15, -0.1) is 0 Å². The average molecular weight is 393 g/mol. The van der Waals surface area contributed by atoms with Crippen molar-refractivity contribution in [3.05, 3.63) is 35.5 Å². The van der Waals surface area contributed by atoms with Crippen molar-refractivity contribution < 1.29 is 22.7 Å². The van der Waals surface area contributed by atoms with Crippen molar-refractivity contribution in [3.8, 4) is 11.5 Å². The second-order valence-electron chi connectivity index (χ2n) is 6.61. The Kier molecular flexibility index (Phi) is 5.41. The molecule has 0 aliphatic carbocycles. The van der Waals surface area contributed by atoms with Crippen LogP contribution in [-0.4, -0.2) is 49.8 Å². The van der Waals surface area contributed by atoms with Gasteiger partial charge in [0.05, 0.1) is 43.9 Å². The summed E-state index contributed by atoms with van der Waals surface area (Å²) < 4.78 is 35.4. The highest BCUT2D eigenvalue weighted by Gasteiger charge is 2.33. The highest BCUT2D eigenvalue weighted by molar-refractivity contribution is 7.91. The van der Waals surface area contributed by atoms with Crippen LogP contribution in [0, 0.1) is 12.8 Å². The van der Waals surface area contributed by atoms with Crippen molar-refractivity contribution >= 4 is 21.6 Å². The van der Waals surface area contributed by atoms with Crippen LogP contribution in [0.15, 0.2) is 24.3 Å². The van der Waals surface area contributed by atoms with E-state index in [0.29, 0.717) is 30.3 Å². The highest BCUT2D eigenvalue weighted by atomic mass is 32.2. The summed E-state index contributed by atoms with van der Waals surface area (Å²) in [6.45, 7) is 2.26. The number of hydrogen-bond acceptors (Lipinski definition) is 6. The van der Waals surface area contributed by atoms with Crippen LogP contribution in [-0.2, 0) is 21.2 Å². The van der Waals surface area contributed by atoms with Crippen LogP contribution in [0.3, 0.4) is 0 Å². The summed E-state index contributed by atoms with van der Waals surface area (Å²) in [5, 5.41) is 7.25. The molecule has 1 amide bonds. The molecule has 1 aliphatic rings. The van der Waals surface area contributed by atoms with Gasteiger partial charge in [-0.3, -0.25) is 4.79 Å². The second-order valence-corrected chi connectivity index (χ2v) is 8.84. The smallest absolute Gasteiger partial charge is 0.229 e. The molecule has 9 heteroatoms. The Hall–Kier alpha value is -2.55. The molecule has 27 heavy (non-hydrogen) atoms. The molecule has 0 spiro atoms. The number of ether oxygens (including phenoxy) is 2. The van der Waals surface area contributed by atoms with E-state index in [4.69, 9.17) is 9.47 Å². The molecule has 1 aliphatic heterocycles. The van der Waals surface area contributed by atoms with Gasteiger partial charge in [-0.2, -0.15) is 5.10 Å². The first-order chi connectivity index (χ1) is 12.8. The van der Waals surface area contributed by atoms with Crippen LogP contribution in [0.1, 0.15) is 17.7 Å². The second kappa shape index (κ2) is 7.59. The summed E-state index contributed by atoms with van der Waals surface area (Å²) in [6.07, 6.45) is 0.358. The number of nitrogens with one attached hydrogen (secondary N) is 1. The van der Waals surface area contributed by atoms with Crippen molar-refractivity contribution in [2.45, 2.75) is 19.9 Å². The lowest BCUT2D eigenvalue weighted by atomic mass is 10.1. The minimum Gasteiger partial charge on any atom is -0.493 e. The quantitative estimate of drug-likeness (QED) is 0.801. The van der Waals surface area contributed by atoms with Gasteiger partial charge in [-0.05, 0) is 31.0 Å². The number of aromatic nitrogens is 2. The molecule has 2 heterocycles. The normalized spacial score (nSPS) is 18.3. The third kappa shape index (κ3) is 4.41. The van der Waals surface area contributed by atoms with E-state index in [2.05, 4.69) is 10.4 Å². The van der Waals surface area contributed by atoms with E-state index in [1.807, 2.05) is 25.1 Å². The van der Waals surface area contributed by atoms with E-state index in [1.165, 1.54) is 0 Å². The van der Waals surface area contributed by atoms with Crippen LogP contribution in [0.25, 0.3) is 0 Å². The Morgan fingerprint density at radius 2 is 2.00 bits per heavy atom. The van der Waals surface area contributed by atoms with Crippen molar-refractivity contribution in [1.29, 1.82) is 0 Å². The van der Waals surface area contributed by atoms with Crippen molar-refractivity contribution in [1.82, 2.24) is 9.78 Å². The number of anilines is 1. The number of hydrogen-bond donors (Lipinski definition) is 1. The Morgan fingerprint density at radius 3 is 2.63 bits per heavy atom. The molecule has 1 aromatic heterocycles. The molecule has 3 rings (SSSR count). The van der Waals surface area contributed by atoms with Crippen molar-refractivity contribution in [2.24, 2.45) is 5.92 Å². The number of sulfone groups is 1. The first kappa shape index (κ1) is 19.2. The van der Waals surface area contributed by atoms with Crippen LogP contribution in [0.5, 0.6) is 11.5 Å². The molecule has 0 radical (unpaired) electrons. The predicted octanol–water partition coefficient (Wildman–Crippen LogP) is 1.63. The van der Waals surface area contributed by atoms with Gasteiger partial charge < -0.3 is 14.8 Å². The van der Waals surface area contributed by atoms with Crippen molar-refractivity contribution in [2.75, 3.05) is 31.0 Å². The summed E-state index contributed by atoms with van der Waals surface area (Å²) in [5.74, 6) is 0.951. The van der Waals surface area contributed by atoms with Crippen LogP contribution >= 0.6 is 0 Å². The summed E-state index contributed by atoms with van der Waals surface area (Å²) in [6, 6.07) is 7.33. The maximum absolute atomic E-state index is 12.4. The van der Waals surface area contributed by atoms with Gasteiger partial charge in [0.25, 0.3) is 0 Å². The summed E-state index contributed by atoms with van der Waals surface area (Å²) in [7, 11) is 0.0355. The number of benzene rings is 1. The van der Waals surface area contributed by atoms with Gasteiger partial charge in [0, 0.05) is 6.07 Å². The Balaban J connectivity index is 1.77. The van der Waals surface area contributed by atoms with E-state index in [0.717, 1.165) is 11.3 Å². The Morgan fingerprint density at radius 1 is 1.26 bits per heavy atom. The lowest BCUT2D eigenvalue weighted by Gasteiger charge is -2.13. The van der Waals surface area contributed by atoms with Gasteiger partial charge in [0.1, 0.15) is 5.82 Å². The standard InChI is InChI=1S/C18H23N3O5S/c1-12-8-17(19-18(22)14-6-7-27(23,24)11-14)21(20-12)10-13-4-5-15(25-2)16(9-13)26-3/h4-5,8-9,14H,6-7,10-11H2,1-3H3,(H,19,22). The minimum atomic E-state index is -3.11. The zero-order valence-electron chi connectivity index (χ0n) is 15.6. The van der Waals surface area contributed by atoms with Gasteiger partial charge in [-0.25, -0.2) is 13.1 Å². The van der Waals surface area contributed by atoms with Gasteiger partial charge in [-0.1, -0.05) is 6.07 Å². The van der Waals surface area contributed by atoms with Gasteiger partial charge in [0.15, 0.2) is 21.3 Å². The third-order valence-electron chi connectivity index (χ3n) is 4.54. The molecular weight excluding hydrogens is 370 g/mol. The fraction of sp³-hybridized carbons (Fsp3) is 0.444. The molecule has 1 fully saturated rings. The number of carbonyl (C=O) groups excluding carboxylic acids is 1. The van der Waals surface area contributed by atoms with E-state index >= 15 is 0 Å². The molecule has 1 N–H and O–H groups in total. The monoisotopic (exact) mass is 393 g/mol. The van der Waals surface area contributed by atoms with E-state index in [9.17, 15) is 13.2 Å². The molecule has 1 aromatic carbocycles. The molecule has 1 unspecified atom stereocenters. The Bertz CT molecular complexity index is 952. The zero-order chi connectivity index (χ0) is 19.6. The average Bonchev–Trinajstić information content (AvgIpc) is 3.16. The summed E-state index contributed by atoms with van der Waals surface area (Å²) in [4.78, 5) is 12.4. The first-order valence-corrected chi connectivity index (χ1v) is 10.4. The number of methoxy groups -OCH3 is 2. The molecule has 1 saturated heterocycles. The number of carbonyl (C=O) groups is 1. The van der Waals surface area contributed by atoms with Crippen LogP contribution in [0.2, 0.25) is 0 Å². The predicted molar refractivity (Wildman–Crippen MR) is 101 cm³/mol. The van der Waals surface area contributed by atoms with Gasteiger partial charge >= 0.3 is 0 Å². The molecule has 1 atom stereocenters. The van der Waals surface area contributed by atoms with E-state index in [1.54, 1.807) is 25.0 Å². The lowest BCUT2D eigenvalue weighted by Crippen LogP contribution is -2.25. The number of amides is 1. The van der Waals surface area contributed by atoms with E-state index < -0.39 is 15.8 Å². The summed E-state index contributed by atoms with van der Waals surface area (Å²) >= 11 is 0. The van der Waals surface area contributed by atoms with Gasteiger partial charge in [0.2, 0.25) is 5.91 Å². The largest absolute Gasteiger partial charge is 0.493 e. The molecular formula is C18H23N3O5S. The SMILES string of the molecule is COc1ccc(Cn2nc(C)cc2NC(=O)C2CCS(=O)(=O)C2)cc1OC. The van der Waals surface area contributed by atoms with Crippen molar-refractivity contribution in [3.63, 3.8) is 0 Å². The molecule has 8 nitrogen and oxygen atoms in total. The maximum atomic E-state index is 12.4. The number of nitrogens with zero attached hydrogens (tertiary/aromatic N) is 2. The fourth-order valence-electron chi connectivity index (χ4n) is 3.15. The Labute approximate surface area is 158 Å². The number of aryl methyl sites for hydroxylation is 1. The minimum absolute atomic E-state index is 0.0645. The first-order valence-electron chi connectivity index (χ1n) is 8.58. The molecule has 2 aromatic rings. The van der Waals surface area contributed by atoms with E-state index in [-0.39, 0.29) is 17.4 Å². The zero-order valence-corrected chi connectivity index (χ0v) is 16.4. The van der Waals surface area contributed by atoms with Crippen LogP contribution in [0.4, 0.5) is 5.82 Å². The molecule has 0 bridgehead atoms.